The lowest BCUT2D eigenvalue weighted by atomic mass is 10.1. The van der Waals surface area contributed by atoms with E-state index in [-0.39, 0.29) is 5.56 Å². The Labute approximate surface area is 120 Å². The summed E-state index contributed by atoms with van der Waals surface area (Å²) in [7, 11) is 0. The van der Waals surface area contributed by atoms with Gasteiger partial charge < -0.3 is 10.2 Å². The van der Waals surface area contributed by atoms with Gasteiger partial charge in [-0.3, -0.25) is 4.79 Å². The van der Waals surface area contributed by atoms with Crippen LogP contribution in [0.15, 0.2) is 17.1 Å². The lowest BCUT2D eigenvalue weighted by Gasteiger charge is -2.17. The Morgan fingerprint density at radius 2 is 2.15 bits per heavy atom. The average molecular weight is 276 g/mol. The number of hydrogen-bond donors (Lipinski definition) is 1. The van der Waals surface area contributed by atoms with Crippen molar-refractivity contribution in [3.63, 3.8) is 0 Å². The molecule has 20 heavy (non-hydrogen) atoms. The Morgan fingerprint density at radius 1 is 1.30 bits per heavy atom. The van der Waals surface area contributed by atoms with E-state index in [9.17, 15) is 4.79 Å². The second-order valence-corrected chi connectivity index (χ2v) is 5.90. The Morgan fingerprint density at radius 3 is 2.85 bits per heavy atom. The zero-order valence-electron chi connectivity index (χ0n) is 12.1. The number of hydrogen-bond acceptors (Lipinski definition) is 4. The van der Waals surface area contributed by atoms with E-state index in [0.717, 1.165) is 44.7 Å². The molecular formula is C15H24N4O. The molecule has 1 aromatic heterocycles. The summed E-state index contributed by atoms with van der Waals surface area (Å²) in [6.45, 7) is 3.99. The largest absolute Gasteiger partial charge is 0.370 e. The van der Waals surface area contributed by atoms with Gasteiger partial charge in [-0.05, 0) is 45.1 Å². The summed E-state index contributed by atoms with van der Waals surface area (Å²) in [5.74, 6) is 0. The van der Waals surface area contributed by atoms with Crippen molar-refractivity contribution in [2.75, 3.05) is 24.5 Å². The van der Waals surface area contributed by atoms with Crippen molar-refractivity contribution < 1.29 is 0 Å². The van der Waals surface area contributed by atoms with Gasteiger partial charge in [-0.25, -0.2) is 4.68 Å². The van der Waals surface area contributed by atoms with E-state index in [0.29, 0.717) is 6.04 Å². The molecule has 3 heterocycles. The van der Waals surface area contributed by atoms with Gasteiger partial charge in [0.15, 0.2) is 0 Å². The molecular weight excluding hydrogens is 252 g/mol. The smallest absolute Gasteiger partial charge is 0.268 e. The highest BCUT2D eigenvalue weighted by atomic mass is 16.1. The van der Waals surface area contributed by atoms with Crippen LogP contribution in [0.3, 0.4) is 0 Å². The van der Waals surface area contributed by atoms with Gasteiger partial charge in [0.25, 0.3) is 5.56 Å². The van der Waals surface area contributed by atoms with Crippen molar-refractivity contribution in [1.29, 1.82) is 0 Å². The van der Waals surface area contributed by atoms with E-state index in [1.54, 1.807) is 10.7 Å². The van der Waals surface area contributed by atoms with Crippen molar-refractivity contribution in [2.45, 2.75) is 51.1 Å². The number of anilines is 1. The SMILES string of the molecule is O=c1cc(N2CCCC2)cnn1CCCC1CCCN1. The molecule has 2 fully saturated rings. The minimum atomic E-state index is 0.0359. The van der Waals surface area contributed by atoms with Crippen LogP contribution < -0.4 is 15.8 Å². The molecule has 5 heteroatoms. The standard InChI is InChI=1S/C15H24N4O/c20-15-11-14(18-8-1-2-9-18)12-17-19(15)10-4-6-13-5-3-7-16-13/h11-13,16H,1-10H2. The van der Waals surface area contributed by atoms with Crippen LogP contribution in [-0.2, 0) is 6.54 Å². The number of aryl methyl sites for hydroxylation is 1. The Bertz CT molecular complexity index is 487. The topological polar surface area (TPSA) is 50.2 Å². The van der Waals surface area contributed by atoms with Gasteiger partial charge in [-0.1, -0.05) is 0 Å². The highest BCUT2D eigenvalue weighted by molar-refractivity contribution is 5.43. The number of nitrogens with one attached hydrogen (secondary N) is 1. The van der Waals surface area contributed by atoms with Crippen LogP contribution in [0.4, 0.5) is 5.69 Å². The van der Waals surface area contributed by atoms with E-state index >= 15 is 0 Å². The highest BCUT2D eigenvalue weighted by Gasteiger charge is 2.15. The monoisotopic (exact) mass is 276 g/mol. The van der Waals surface area contributed by atoms with Gasteiger partial charge in [-0.15, -0.1) is 0 Å². The first-order valence-corrected chi connectivity index (χ1v) is 7.88. The molecule has 3 rings (SSSR count). The fraction of sp³-hybridized carbons (Fsp3) is 0.733. The van der Waals surface area contributed by atoms with Crippen molar-refractivity contribution in [3.8, 4) is 0 Å². The molecule has 1 aromatic rings. The van der Waals surface area contributed by atoms with E-state index in [1.807, 2.05) is 6.20 Å². The zero-order valence-corrected chi connectivity index (χ0v) is 12.1. The Hall–Kier alpha value is -1.36. The van der Waals surface area contributed by atoms with Crippen molar-refractivity contribution in [1.82, 2.24) is 15.1 Å². The fourth-order valence-electron chi connectivity index (χ4n) is 3.23. The normalized spacial score (nSPS) is 22.6. The van der Waals surface area contributed by atoms with Gasteiger partial charge in [-0.2, -0.15) is 5.10 Å². The first-order valence-electron chi connectivity index (χ1n) is 7.88. The quantitative estimate of drug-likeness (QED) is 0.882. The third kappa shape index (κ3) is 3.20. The molecule has 1 atom stereocenters. The van der Waals surface area contributed by atoms with Crippen molar-refractivity contribution >= 4 is 5.69 Å². The van der Waals surface area contributed by atoms with Crippen LogP contribution in [0.5, 0.6) is 0 Å². The van der Waals surface area contributed by atoms with Crippen molar-refractivity contribution in [2.24, 2.45) is 0 Å². The summed E-state index contributed by atoms with van der Waals surface area (Å²) in [4.78, 5) is 14.3. The molecule has 0 aromatic carbocycles. The maximum atomic E-state index is 12.1. The Kier molecular flexibility index (Phi) is 4.35. The van der Waals surface area contributed by atoms with Crippen LogP contribution in [0.1, 0.15) is 38.5 Å². The summed E-state index contributed by atoms with van der Waals surface area (Å²) < 4.78 is 1.61. The molecule has 110 valence electrons. The summed E-state index contributed by atoms with van der Waals surface area (Å²) in [6.07, 6.45) is 9.01. The first-order chi connectivity index (χ1) is 9.83. The van der Waals surface area contributed by atoms with Gasteiger partial charge in [0.05, 0.1) is 11.9 Å². The van der Waals surface area contributed by atoms with Crippen LogP contribution in [-0.4, -0.2) is 35.5 Å². The third-order valence-corrected chi connectivity index (χ3v) is 4.41. The molecule has 0 bridgehead atoms. The molecule has 0 aliphatic carbocycles. The molecule has 0 radical (unpaired) electrons. The van der Waals surface area contributed by atoms with Crippen LogP contribution in [0, 0.1) is 0 Å². The third-order valence-electron chi connectivity index (χ3n) is 4.41. The van der Waals surface area contributed by atoms with E-state index in [4.69, 9.17) is 0 Å². The van der Waals surface area contributed by atoms with Gasteiger partial charge in [0.2, 0.25) is 0 Å². The Balaban J connectivity index is 1.55. The van der Waals surface area contributed by atoms with E-state index in [1.165, 1.54) is 25.7 Å². The predicted octanol–water partition coefficient (Wildman–Crippen LogP) is 1.38. The average Bonchev–Trinajstić information content (AvgIpc) is 3.12. The van der Waals surface area contributed by atoms with E-state index < -0.39 is 0 Å². The predicted molar refractivity (Wildman–Crippen MR) is 80.2 cm³/mol. The van der Waals surface area contributed by atoms with Crippen LogP contribution in [0.2, 0.25) is 0 Å². The van der Waals surface area contributed by atoms with Gasteiger partial charge in [0, 0.05) is 31.7 Å². The van der Waals surface area contributed by atoms with Crippen LogP contribution >= 0.6 is 0 Å². The van der Waals surface area contributed by atoms with Gasteiger partial charge >= 0.3 is 0 Å². The molecule has 2 aliphatic heterocycles. The molecule has 1 unspecified atom stereocenters. The second kappa shape index (κ2) is 6.39. The van der Waals surface area contributed by atoms with Crippen molar-refractivity contribution in [3.05, 3.63) is 22.6 Å². The molecule has 2 aliphatic rings. The maximum absolute atomic E-state index is 12.1. The number of rotatable bonds is 5. The molecule has 5 nitrogen and oxygen atoms in total. The first kappa shape index (κ1) is 13.6. The summed E-state index contributed by atoms with van der Waals surface area (Å²) in [5.41, 5.74) is 1.02. The maximum Gasteiger partial charge on any atom is 0.268 e. The summed E-state index contributed by atoms with van der Waals surface area (Å²) >= 11 is 0. The zero-order chi connectivity index (χ0) is 13.8. The minimum absolute atomic E-state index is 0.0359. The summed E-state index contributed by atoms with van der Waals surface area (Å²) in [6, 6.07) is 2.39. The highest BCUT2D eigenvalue weighted by Crippen LogP contribution is 2.17. The summed E-state index contributed by atoms with van der Waals surface area (Å²) in [5, 5.41) is 7.82. The molecule has 1 N–H and O–H groups in total. The lowest BCUT2D eigenvalue weighted by Crippen LogP contribution is -2.27. The molecule has 2 saturated heterocycles. The molecule has 0 spiro atoms. The van der Waals surface area contributed by atoms with E-state index in [2.05, 4.69) is 15.3 Å². The lowest BCUT2D eigenvalue weighted by molar-refractivity contribution is 0.472. The number of aromatic nitrogens is 2. The molecule has 0 saturated carbocycles. The van der Waals surface area contributed by atoms with Gasteiger partial charge in [0.1, 0.15) is 0 Å². The van der Waals surface area contributed by atoms with Crippen LogP contribution in [0.25, 0.3) is 0 Å². The molecule has 0 amide bonds. The second-order valence-electron chi connectivity index (χ2n) is 5.90. The minimum Gasteiger partial charge on any atom is -0.370 e. The fourth-order valence-corrected chi connectivity index (χ4v) is 3.23. The number of nitrogens with zero attached hydrogens (tertiary/aromatic N) is 3.